The number of carbonyl (C=O) groups is 1. The van der Waals surface area contributed by atoms with Crippen molar-refractivity contribution >= 4 is 21.6 Å². The summed E-state index contributed by atoms with van der Waals surface area (Å²) in [6.45, 7) is 1.53. The topological polar surface area (TPSA) is 75.7 Å². The summed E-state index contributed by atoms with van der Waals surface area (Å²) in [5.74, 6) is 0.142. The lowest BCUT2D eigenvalue weighted by Crippen LogP contribution is -2.46. The lowest BCUT2D eigenvalue weighted by molar-refractivity contribution is -0.121. The van der Waals surface area contributed by atoms with Crippen LogP contribution in [0.1, 0.15) is 6.92 Å². The van der Waals surface area contributed by atoms with Crippen LogP contribution >= 0.6 is 0 Å². The van der Waals surface area contributed by atoms with Gasteiger partial charge in [0, 0.05) is 13.1 Å². The van der Waals surface area contributed by atoms with Crippen LogP contribution in [0.4, 0.5) is 5.69 Å². The van der Waals surface area contributed by atoms with Crippen LogP contribution in [0.15, 0.2) is 24.3 Å². The summed E-state index contributed by atoms with van der Waals surface area (Å²) in [6.07, 6.45) is 1.06. The van der Waals surface area contributed by atoms with E-state index >= 15 is 0 Å². The highest BCUT2D eigenvalue weighted by molar-refractivity contribution is 7.92. The Bertz CT molecular complexity index is 557. The highest BCUT2D eigenvalue weighted by Gasteiger charge is 2.28. The number of amides is 1. The van der Waals surface area contributed by atoms with Crippen LogP contribution in [0.2, 0.25) is 0 Å². The van der Waals surface area contributed by atoms with Gasteiger partial charge in [-0.2, -0.15) is 0 Å². The Morgan fingerprint density at radius 2 is 2.05 bits per heavy atom. The first-order valence-electron chi connectivity index (χ1n) is 5.66. The Morgan fingerprint density at radius 1 is 1.42 bits per heavy atom. The SMILES string of the molecule is CNC(=O)C(C)N(c1cccc(OC)c1)S(C)(=O)=O. The molecule has 106 valence electrons. The fraction of sp³-hybridized carbons (Fsp3) is 0.417. The van der Waals surface area contributed by atoms with Crippen molar-refractivity contribution in [1.82, 2.24) is 5.32 Å². The van der Waals surface area contributed by atoms with Crippen LogP contribution < -0.4 is 14.4 Å². The van der Waals surface area contributed by atoms with Crippen molar-refractivity contribution in [3.8, 4) is 5.75 Å². The molecule has 0 spiro atoms. The maximum absolute atomic E-state index is 11.9. The molecule has 1 rings (SSSR count). The van der Waals surface area contributed by atoms with Crippen LogP contribution in [-0.4, -0.2) is 40.8 Å². The van der Waals surface area contributed by atoms with Gasteiger partial charge in [0.05, 0.1) is 19.1 Å². The van der Waals surface area contributed by atoms with Gasteiger partial charge in [0.1, 0.15) is 11.8 Å². The molecule has 0 aliphatic carbocycles. The summed E-state index contributed by atoms with van der Waals surface area (Å²) in [5, 5.41) is 2.44. The largest absolute Gasteiger partial charge is 0.497 e. The number of likely N-dealkylation sites (N-methyl/N-ethyl adjacent to an activating group) is 1. The molecule has 0 aliphatic rings. The van der Waals surface area contributed by atoms with Crippen LogP contribution in [0, 0.1) is 0 Å². The third-order valence-electron chi connectivity index (χ3n) is 2.64. The molecular weight excluding hydrogens is 268 g/mol. The molecule has 1 aromatic rings. The minimum absolute atomic E-state index is 0.381. The van der Waals surface area contributed by atoms with Crippen LogP contribution in [0.5, 0.6) is 5.75 Å². The molecule has 1 amide bonds. The number of methoxy groups -OCH3 is 1. The Hall–Kier alpha value is -1.76. The van der Waals surface area contributed by atoms with E-state index < -0.39 is 16.1 Å². The smallest absolute Gasteiger partial charge is 0.243 e. The highest BCUT2D eigenvalue weighted by Crippen LogP contribution is 2.25. The van der Waals surface area contributed by atoms with Crippen molar-refractivity contribution in [1.29, 1.82) is 0 Å². The van der Waals surface area contributed by atoms with E-state index in [1.165, 1.54) is 21.1 Å². The molecule has 19 heavy (non-hydrogen) atoms. The predicted molar refractivity (Wildman–Crippen MR) is 73.8 cm³/mol. The molecule has 1 N–H and O–H groups in total. The second-order valence-electron chi connectivity index (χ2n) is 4.05. The van der Waals surface area contributed by atoms with Gasteiger partial charge in [-0.1, -0.05) is 6.07 Å². The van der Waals surface area contributed by atoms with Crippen molar-refractivity contribution in [2.45, 2.75) is 13.0 Å². The Morgan fingerprint density at radius 3 is 2.53 bits per heavy atom. The van der Waals surface area contributed by atoms with E-state index in [1.807, 2.05) is 0 Å². The number of rotatable bonds is 5. The number of hydrogen-bond acceptors (Lipinski definition) is 4. The average molecular weight is 286 g/mol. The minimum atomic E-state index is -3.58. The average Bonchev–Trinajstić information content (AvgIpc) is 2.36. The Labute approximate surface area is 113 Å². The molecule has 0 aromatic heterocycles. The molecule has 0 saturated carbocycles. The molecule has 1 unspecified atom stereocenters. The molecule has 0 heterocycles. The molecule has 0 saturated heterocycles. The molecular formula is C12H18N2O4S. The quantitative estimate of drug-likeness (QED) is 0.860. The molecule has 0 radical (unpaired) electrons. The van der Waals surface area contributed by atoms with E-state index in [1.54, 1.807) is 24.3 Å². The maximum Gasteiger partial charge on any atom is 0.243 e. The Balaban J connectivity index is 3.28. The first-order valence-corrected chi connectivity index (χ1v) is 7.51. The second-order valence-corrected chi connectivity index (χ2v) is 5.91. The first-order chi connectivity index (χ1) is 8.81. The highest BCUT2D eigenvalue weighted by atomic mass is 32.2. The van der Waals surface area contributed by atoms with Crippen molar-refractivity contribution in [2.75, 3.05) is 24.7 Å². The van der Waals surface area contributed by atoms with Crippen LogP contribution in [-0.2, 0) is 14.8 Å². The molecule has 6 nitrogen and oxygen atoms in total. The van der Waals surface area contributed by atoms with Crippen molar-refractivity contribution in [3.63, 3.8) is 0 Å². The van der Waals surface area contributed by atoms with E-state index in [9.17, 15) is 13.2 Å². The van der Waals surface area contributed by atoms with Gasteiger partial charge >= 0.3 is 0 Å². The number of nitrogens with zero attached hydrogens (tertiary/aromatic N) is 1. The van der Waals surface area contributed by atoms with E-state index in [0.29, 0.717) is 11.4 Å². The summed E-state index contributed by atoms with van der Waals surface area (Å²) in [4.78, 5) is 11.7. The van der Waals surface area contributed by atoms with Gasteiger partial charge in [-0.05, 0) is 19.1 Å². The zero-order valence-corrected chi connectivity index (χ0v) is 12.2. The number of ether oxygens (including phenoxy) is 1. The molecule has 0 aliphatic heterocycles. The standard InChI is InChI=1S/C12H18N2O4S/c1-9(12(15)13-2)14(19(4,16)17)10-6-5-7-11(8-10)18-3/h5-9H,1-4H3,(H,13,15). The van der Waals surface area contributed by atoms with Gasteiger partial charge in [-0.15, -0.1) is 0 Å². The minimum Gasteiger partial charge on any atom is -0.497 e. The molecule has 1 atom stereocenters. The number of benzene rings is 1. The monoisotopic (exact) mass is 286 g/mol. The van der Waals surface area contributed by atoms with Gasteiger partial charge < -0.3 is 10.1 Å². The summed E-state index contributed by atoms with van der Waals surface area (Å²) in [6, 6.07) is 5.72. The van der Waals surface area contributed by atoms with Crippen molar-refractivity contribution in [2.24, 2.45) is 0 Å². The number of nitrogens with one attached hydrogen (secondary N) is 1. The number of carbonyl (C=O) groups excluding carboxylic acids is 1. The van der Waals surface area contributed by atoms with Gasteiger partial charge in [-0.3, -0.25) is 9.10 Å². The lowest BCUT2D eigenvalue weighted by Gasteiger charge is -2.27. The summed E-state index contributed by atoms with van der Waals surface area (Å²) in [7, 11) is -0.625. The van der Waals surface area contributed by atoms with Crippen molar-refractivity contribution < 1.29 is 17.9 Å². The van der Waals surface area contributed by atoms with Crippen LogP contribution in [0.25, 0.3) is 0 Å². The fourth-order valence-corrected chi connectivity index (χ4v) is 2.93. The normalized spacial score (nSPS) is 12.6. The first kappa shape index (κ1) is 15.3. The van der Waals surface area contributed by atoms with E-state index in [-0.39, 0.29) is 5.91 Å². The lowest BCUT2D eigenvalue weighted by atomic mass is 10.2. The molecule has 1 aromatic carbocycles. The molecule has 0 bridgehead atoms. The number of anilines is 1. The fourth-order valence-electron chi connectivity index (χ4n) is 1.77. The van der Waals surface area contributed by atoms with Gasteiger partial charge in [0.2, 0.25) is 15.9 Å². The van der Waals surface area contributed by atoms with Gasteiger partial charge in [0.25, 0.3) is 0 Å². The summed E-state index contributed by atoms with van der Waals surface area (Å²) in [5.41, 5.74) is 0.387. The molecule has 7 heteroatoms. The second kappa shape index (κ2) is 5.92. The third kappa shape index (κ3) is 3.60. The van der Waals surface area contributed by atoms with E-state index in [0.717, 1.165) is 10.6 Å². The molecule has 0 fully saturated rings. The predicted octanol–water partition coefficient (Wildman–Crippen LogP) is 0.596. The van der Waals surface area contributed by atoms with Gasteiger partial charge in [-0.25, -0.2) is 8.42 Å². The maximum atomic E-state index is 11.9. The zero-order chi connectivity index (χ0) is 14.6. The third-order valence-corrected chi connectivity index (χ3v) is 3.88. The van der Waals surface area contributed by atoms with E-state index in [4.69, 9.17) is 4.74 Å². The van der Waals surface area contributed by atoms with E-state index in [2.05, 4.69) is 5.32 Å². The van der Waals surface area contributed by atoms with Gasteiger partial charge in [0.15, 0.2) is 0 Å². The van der Waals surface area contributed by atoms with Crippen LogP contribution in [0.3, 0.4) is 0 Å². The zero-order valence-electron chi connectivity index (χ0n) is 11.4. The number of sulfonamides is 1. The number of hydrogen-bond donors (Lipinski definition) is 1. The summed E-state index contributed by atoms with van der Waals surface area (Å²) >= 11 is 0. The van der Waals surface area contributed by atoms with Crippen molar-refractivity contribution in [3.05, 3.63) is 24.3 Å². The Kier molecular flexibility index (Phi) is 4.77. The summed E-state index contributed by atoms with van der Waals surface area (Å²) < 4.78 is 29.9.